The third-order valence-electron chi connectivity index (χ3n) is 4.66. The van der Waals surface area contributed by atoms with Crippen LogP contribution in [0.15, 0.2) is 18.2 Å². The van der Waals surface area contributed by atoms with Crippen molar-refractivity contribution in [2.75, 3.05) is 19.6 Å². The van der Waals surface area contributed by atoms with E-state index < -0.39 is 0 Å². The van der Waals surface area contributed by atoms with Gasteiger partial charge in [-0.1, -0.05) is 45.9 Å². The van der Waals surface area contributed by atoms with Crippen LogP contribution in [0, 0.1) is 0 Å². The van der Waals surface area contributed by atoms with Crippen LogP contribution in [-0.4, -0.2) is 42.7 Å². The van der Waals surface area contributed by atoms with Crippen LogP contribution in [0.4, 0.5) is 0 Å². The maximum Gasteiger partial charge on any atom is 0.312 e. The molecule has 0 bridgehead atoms. The lowest BCUT2D eigenvalue weighted by Gasteiger charge is -2.35. The van der Waals surface area contributed by atoms with Crippen LogP contribution in [0.5, 0.6) is 5.75 Å². The molecule has 0 aliphatic carbocycles. The highest BCUT2D eigenvalue weighted by atomic mass is 35.5. The van der Waals surface area contributed by atoms with Gasteiger partial charge in [0, 0.05) is 19.6 Å². The second kappa shape index (κ2) is 10.3. The van der Waals surface area contributed by atoms with Gasteiger partial charge in [0.2, 0.25) is 0 Å². The lowest BCUT2D eigenvalue weighted by molar-refractivity contribution is -0.135. The highest BCUT2D eigenvalue weighted by Crippen LogP contribution is 2.34. The molecule has 0 radical (unpaired) electrons. The van der Waals surface area contributed by atoms with Crippen LogP contribution in [0.25, 0.3) is 0 Å². The molecular weight excluding hydrogens is 350 g/mol. The van der Waals surface area contributed by atoms with Crippen LogP contribution >= 0.6 is 12.4 Å². The van der Waals surface area contributed by atoms with E-state index in [1.54, 1.807) is 0 Å². The molecule has 0 amide bonds. The first-order chi connectivity index (χ1) is 11.8. The van der Waals surface area contributed by atoms with E-state index in [1.807, 2.05) is 0 Å². The van der Waals surface area contributed by atoms with Crippen molar-refractivity contribution < 1.29 is 14.3 Å². The van der Waals surface area contributed by atoms with Gasteiger partial charge in [-0.15, -0.1) is 12.4 Å². The Morgan fingerprint density at radius 2 is 1.62 bits per heavy atom. The van der Waals surface area contributed by atoms with Gasteiger partial charge in [0.25, 0.3) is 0 Å². The van der Waals surface area contributed by atoms with Gasteiger partial charge in [-0.2, -0.15) is 0 Å². The Bertz CT molecular complexity index is 552. The molecule has 26 heavy (non-hydrogen) atoms. The van der Waals surface area contributed by atoms with Crippen LogP contribution in [-0.2, 0) is 9.53 Å². The SMILES string of the molecule is CC1CN(CCC(=O)Oc2c(C(C)C)cccc2C(C)C)CC(C)O1.Cl. The lowest BCUT2D eigenvalue weighted by Crippen LogP contribution is -2.46. The first-order valence-corrected chi connectivity index (χ1v) is 9.49. The number of benzene rings is 1. The molecule has 1 fully saturated rings. The molecule has 2 atom stereocenters. The van der Waals surface area contributed by atoms with Crippen molar-refractivity contribution in [3.05, 3.63) is 29.3 Å². The molecule has 1 aliphatic heterocycles. The summed E-state index contributed by atoms with van der Waals surface area (Å²) in [6.45, 7) is 15.2. The van der Waals surface area contributed by atoms with Crippen molar-refractivity contribution in [2.45, 2.75) is 72.0 Å². The summed E-state index contributed by atoms with van der Waals surface area (Å²) in [6.07, 6.45) is 0.839. The van der Waals surface area contributed by atoms with E-state index in [-0.39, 0.29) is 30.6 Å². The van der Waals surface area contributed by atoms with Crippen LogP contribution in [0.3, 0.4) is 0 Å². The Morgan fingerprint density at radius 1 is 1.12 bits per heavy atom. The quantitative estimate of drug-likeness (QED) is 0.524. The average Bonchev–Trinajstić information content (AvgIpc) is 2.51. The summed E-state index contributed by atoms with van der Waals surface area (Å²) in [5.41, 5.74) is 2.21. The molecule has 1 aliphatic rings. The van der Waals surface area contributed by atoms with Crippen molar-refractivity contribution in [2.24, 2.45) is 0 Å². The number of hydrogen-bond donors (Lipinski definition) is 0. The Labute approximate surface area is 164 Å². The van der Waals surface area contributed by atoms with Gasteiger partial charge in [0.15, 0.2) is 0 Å². The van der Waals surface area contributed by atoms with E-state index >= 15 is 0 Å². The fraction of sp³-hybridized carbons (Fsp3) is 0.667. The number of para-hydroxylation sites is 1. The number of halogens is 1. The number of esters is 1. The summed E-state index contributed by atoms with van der Waals surface area (Å²) in [4.78, 5) is 14.8. The number of carbonyl (C=O) groups is 1. The summed E-state index contributed by atoms with van der Waals surface area (Å²) in [7, 11) is 0. The van der Waals surface area contributed by atoms with Gasteiger partial charge < -0.3 is 9.47 Å². The van der Waals surface area contributed by atoms with Gasteiger partial charge in [0.1, 0.15) is 5.75 Å². The van der Waals surface area contributed by atoms with E-state index in [0.29, 0.717) is 18.3 Å². The number of carbonyl (C=O) groups excluding carboxylic acids is 1. The number of rotatable bonds is 6. The molecular formula is C21H34ClNO3. The molecule has 1 heterocycles. The van der Waals surface area contributed by atoms with Crippen LogP contribution in [0.1, 0.15) is 70.9 Å². The van der Waals surface area contributed by atoms with Gasteiger partial charge in [0.05, 0.1) is 18.6 Å². The Morgan fingerprint density at radius 3 is 2.08 bits per heavy atom. The molecule has 0 saturated carbocycles. The number of ether oxygens (including phenoxy) is 2. The maximum absolute atomic E-state index is 12.5. The molecule has 1 saturated heterocycles. The molecule has 2 rings (SSSR count). The number of morpholine rings is 1. The third-order valence-corrected chi connectivity index (χ3v) is 4.66. The number of hydrogen-bond acceptors (Lipinski definition) is 4. The molecule has 4 nitrogen and oxygen atoms in total. The lowest BCUT2D eigenvalue weighted by atomic mass is 9.94. The van der Waals surface area contributed by atoms with Gasteiger partial charge in [-0.05, 0) is 36.8 Å². The van der Waals surface area contributed by atoms with Crippen LogP contribution < -0.4 is 4.74 Å². The smallest absolute Gasteiger partial charge is 0.312 e. The third kappa shape index (κ3) is 6.26. The zero-order valence-corrected chi connectivity index (χ0v) is 17.8. The maximum atomic E-state index is 12.5. The minimum absolute atomic E-state index is 0. The van der Waals surface area contributed by atoms with Crippen molar-refractivity contribution in [3.8, 4) is 5.75 Å². The normalized spacial score (nSPS) is 20.9. The second-order valence-corrected chi connectivity index (χ2v) is 7.82. The summed E-state index contributed by atoms with van der Waals surface area (Å²) in [6, 6.07) is 6.17. The zero-order chi connectivity index (χ0) is 18.6. The largest absolute Gasteiger partial charge is 0.426 e. The van der Waals surface area contributed by atoms with E-state index in [4.69, 9.17) is 9.47 Å². The first kappa shape index (κ1) is 22.9. The zero-order valence-electron chi connectivity index (χ0n) is 17.0. The highest BCUT2D eigenvalue weighted by Gasteiger charge is 2.23. The van der Waals surface area contributed by atoms with Gasteiger partial charge >= 0.3 is 5.97 Å². The summed E-state index contributed by atoms with van der Waals surface area (Å²) in [5.74, 6) is 1.26. The fourth-order valence-corrected chi connectivity index (χ4v) is 3.48. The highest BCUT2D eigenvalue weighted by molar-refractivity contribution is 5.85. The summed E-state index contributed by atoms with van der Waals surface area (Å²) < 4.78 is 11.6. The van der Waals surface area contributed by atoms with Gasteiger partial charge in [-0.25, -0.2) is 0 Å². The standard InChI is InChI=1S/C21H33NO3.ClH/c1-14(2)18-8-7-9-19(15(3)4)21(18)25-20(23)10-11-22-12-16(5)24-17(6)13-22;/h7-9,14-17H,10-13H2,1-6H3;1H. The summed E-state index contributed by atoms with van der Waals surface area (Å²) >= 11 is 0. The predicted molar refractivity (Wildman–Crippen MR) is 109 cm³/mol. The Hall–Kier alpha value is -1.10. The molecule has 1 aromatic carbocycles. The molecule has 1 aromatic rings. The predicted octanol–water partition coefficient (Wildman–Crippen LogP) is 4.76. The minimum Gasteiger partial charge on any atom is -0.426 e. The van der Waals surface area contributed by atoms with Crippen molar-refractivity contribution in [1.82, 2.24) is 4.90 Å². The van der Waals surface area contributed by atoms with Crippen LogP contribution in [0.2, 0.25) is 0 Å². The van der Waals surface area contributed by atoms with Crippen molar-refractivity contribution in [1.29, 1.82) is 0 Å². The average molecular weight is 384 g/mol. The van der Waals surface area contributed by atoms with E-state index in [9.17, 15) is 4.79 Å². The molecule has 148 valence electrons. The molecule has 2 unspecified atom stereocenters. The van der Waals surface area contributed by atoms with Gasteiger partial charge in [-0.3, -0.25) is 9.69 Å². The fourth-order valence-electron chi connectivity index (χ4n) is 3.48. The molecule has 0 aromatic heterocycles. The minimum atomic E-state index is -0.151. The Balaban J connectivity index is 0.00000338. The van der Waals surface area contributed by atoms with Crippen molar-refractivity contribution in [3.63, 3.8) is 0 Å². The molecule has 5 heteroatoms. The van der Waals surface area contributed by atoms with E-state index in [1.165, 1.54) is 0 Å². The topological polar surface area (TPSA) is 38.8 Å². The van der Waals surface area contributed by atoms with E-state index in [0.717, 1.165) is 36.5 Å². The summed E-state index contributed by atoms with van der Waals surface area (Å²) in [5, 5.41) is 0. The molecule has 0 N–H and O–H groups in total. The van der Waals surface area contributed by atoms with E-state index in [2.05, 4.69) is 64.6 Å². The first-order valence-electron chi connectivity index (χ1n) is 9.49. The monoisotopic (exact) mass is 383 g/mol. The molecule has 0 spiro atoms. The second-order valence-electron chi connectivity index (χ2n) is 7.82. The Kier molecular flexibility index (Phi) is 9.08. The number of nitrogens with zero attached hydrogens (tertiary/aromatic N) is 1. The van der Waals surface area contributed by atoms with Crippen molar-refractivity contribution >= 4 is 18.4 Å².